The zero-order valence-electron chi connectivity index (χ0n) is 16.9. The van der Waals surface area contributed by atoms with Crippen LogP contribution in [-0.2, 0) is 11.3 Å². The Morgan fingerprint density at radius 3 is 2.75 bits per heavy atom. The van der Waals surface area contributed by atoms with E-state index in [1.54, 1.807) is 0 Å². The van der Waals surface area contributed by atoms with Crippen molar-refractivity contribution in [3.8, 4) is 0 Å². The third kappa shape index (κ3) is 5.04. The van der Waals surface area contributed by atoms with Crippen molar-refractivity contribution in [2.24, 2.45) is 0 Å². The van der Waals surface area contributed by atoms with Crippen molar-refractivity contribution < 1.29 is 4.79 Å². The molecule has 1 aliphatic rings. The van der Waals surface area contributed by atoms with Gasteiger partial charge in [0, 0.05) is 18.2 Å². The van der Waals surface area contributed by atoms with Gasteiger partial charge in [0.05, 0.1) is 5.75 Å². The summed E-state index contributed by atoms with van der Waals surface area (Å²) in [6, 6.07) is 7.97. The Morgan fingerprint density at radius 1 is 1.29 bits per heavy atom. The number of nitrogens with one attached hydrogen (secondary N) is 1. The van der Waals surface area contributed by atoms with E-state index >= 15 is 0 Å². The van der Waals surface area contributed by atoms with Crippen LogP contribution in [0, 0.1) is 0 Å². The molecular formula is C22H30N4OS. The molecule has 1 fully saturated rings. The molecule has 1 aliphatic carbocycles. The lowest BCUT2D eigenvalue weighted by molar-refractivity contribution is -0.113. The quantitative estimate of drug-likeness (QED) is 0.480. The highest BCUT2D eigenvalue weighted by Gasteiger charge is 2.23. The van der Waals surface area contributed by atoms with Gasteiger partial charge in [-0.3, -0.25) is 4.79 Å². The van der Waals surface area contributed by atoms with Crippen molar-refractivity contribution in [3.63, 3.8) is 0 Å². The minimum atomic E-state index is -0.0227. The molecule has 1 saturated carbocycles. The molecule has 2 aromatic rings. The molecule has 0 aliphatic heterocycles. The van der Waals surface area contributed by atoms with Crippen molar-refractivity contribution in [1.82, 2.24) is 14.8 Å². The molecule has 0 unspecified atom stereocenters. The number of thioether (sulfide) groups is 1. The number of para-hydroxylation sites is 1. The van der Waals surface area contributed by atoms with Gasteiger partial charge in [-0.2, -0.15) is 0 Å². The SMILES string of the molecule is C=CCn1c(SCC(=O)Nc2ccccc2C(C)C)nnc1C1CCCCC1. The number of carbonyl (C=O) groups excluding carboxylic acids is 1. The summed E-state index contributed by atoms with van der Waals surface area (Å²) in [5.41, 5.74) is 2.04. The van der Waals surface area contributed by atoms with Crippen LogP contribution in [0.3, 0.4) is 0 Å². The first-order valence-electron chi connectivity index (χ1n) is 10.2. The Kier molecular flexibility index (Phi) is 7.31. The molecular weight excluding hydrogens is 368 g/mol. The molecule has 0 spiro atoms. The average Bonchev–Trinajstić information content (AvgIpc) is 3.10. The summed E-state index contributed by atoms with van der Waals surface area (Å²) < 4.78 is 2.13. The molecule has 0 saturated heterocycles. The van der Waals surface area contributed by atoms with Gasteiger partial charge >= 0.3 is 0 Å². The predicted molar refractivity (Wildman–Crippen MR) is 116 cm³/mol. The van der Waals surface area contributed by atoms with Gasteiger partial charge in [-0.1, -0.05) is 69.1 Å². The largest absolute Gasteiger partial charge is 0.325 e. The van der Waals surface area contributed by atoms with Crippen LogP contribution in [0.15, 0.2) is 42.1 Å². The van der Waals surface area contributed by atoms with Crippen molar-refractivity contribution in [1.29, 1.82) is 0 Å². The van der Waals surface area contributed by atoms with Crippen LogP contribution in [0.2, 0.25) is 0 Å². The molecule has 28 heavy (non-hydrogen) atoms. The zero-order valence-corrected chi connectivity index (χ0v) is 17.7. The van der Waals surface area contributed by atoms with Gasteiger partial charge < -0.3 is 9.88 Å². The normalized spacial score (nSPS) is 15.0. The second-order valence-corrected chi connectivity index (χ2v) is 8.60. The Balaban J connectivity index is 1.66. The number of rotatable bonds is 8. The summed E-state index contributed by atoms with van der Waals surface area (Å²) in [5.74, 6) is 2.17. The van der Waals surface area contributed by atoms with Gasteiger partial charge in [0.2, 0.25) is 5.91 Å². The third-order valence-corrected chi connectivity index (χ3v) is 6.18. The van der Waals surface area contributed by atoms with E-state index in [0.717, 1.165) is 22.2 Å². The van der Waals surface area contributed by atoms with Gasteiger partial charge in [0.1, 0.15) is 5.82 Å². The van der Waals surface area contributed by atoms with E-state index in [4.69, 9.17) is 0 Å². The summed E-state index contributed by atoms with van der Waals surface area (Å²) in [5, 5.41) is 12.7. The van der Waals surface area contributed by atoms with Gasteiger partial charge in [-0.05, 0) is 30.4 Å². The highest BCUT2D eigenvalue weighted by atomic mass is 32.2. The van der Waals surface area contributed by atoms with Crippen molar-refractivity contribution in [2.45, 2.75) is 69.5 Å². The highest BCUT2D eigenvalue weighted by molar-refractivity contribution is 7.99. The first-order valence-corrected chi connectivity index (χ1v) is 11.1. The topological polar surface area (TPSA) is 59.8 Å². The van der Waals surface area contributed by atoms with E-state index in [1.807, 2.05) is 24.3 Å². The first-order chi connectivity index (χ1) is 13.6. The molecule has 150 valence electrons. The Morgan fingerprint density at radius 2 is 2.04 bits per heavy atom. The van der Waals surface area contributed by atoms with Crippen LogP contribution in [-0.4, -0.2) is 26.4 Å². The van der Waals surface area contributed by atoms with Crippen LogP contribution in [0.4, 0.5) is 5.69 Å². The van der Waals surface area contributed by atoms with Crippen LogP contribution >= 0.6 is 11.8 Å². The predicted octanol–water partition coefficient (Wildman–Crippen LogP) is 5.37. The van der Waals surface area contributed by atoms with E-state index in [0.29, 0.717) is 24.1 Å². The van der Waals surface area contributed by atoms with Crippen LogP contribution in [0.5, 0.6) is 0 Å². The Bertz CT molecular complexity index is 809. The molecule has 1 aromatic heterocycles. The lowest BCUT2D eigenvalue weighted by Crippen LogP contribution is -2.16. The maximum atomic E-state index is 12.5. The lowest BCUT2D eigenvalue weighted by Gasteiger charge is -2.21. The summed E-state index contributed by atoms with van der Waals surface area (Å²) in [6.07, 6.45) is 8.04. The molecule has 0 bridgehead atoms. The molecule has 5 nitrogen and oxygen atoms in total. The number of hydrogen-bond acceptors (Lipinski definition) is 4. The molecule has 3 rings (SSSR count). The smallest absolute Gasteiger partial charge is 0.234 e. The molecule has 1 N–H and O–H groups in total. The minimum absolute atomic E-state index is 0.0227. The highest BCUT2D eigenvalue weighted by Crippen LogP contribution is 2.33. The van der Waals surface area contributed by atoms with Crippen LogP contribution in [0.1, 0.15) is 69.2 Å². The second-order valence-electron chi connectivity index (χ2n) is 7.65. The molecule has 6 heteroatoms. The molecule has 1 amide bonds. The van der Waals surface area contributed by atoms with Crippen LogP contribution < -0.4 is 5.32 Å². The number of carbonyl (C=O) groups is 1. The Labute approximate surface area is 172 Å². The van der Waals surface area contributed by atoms with Crippen molar-refractivity contribution in [2.75, 3.05) is 11.1 Å². The van der Waals surface area contributed by atoms with Gasteiger partial charge in [-0.25, -0.2) is 0 Å². The lowest BCUT2D eigenvalue weighted by atomic mass is 9.89. The van der Waals surface area contributed by atoms with Crippen LogP contribution in [0.25, 0.3) is 0 Å². The fraction of sp³-hybridized carbons (Fsp3) is 0.500. The van der Waals surface area contributed by atoms with E-state index in [2.05, 4.69) is 46.6 Å². The maximum Gasteiger partial charge on any atom is 0.234 e. The standard InChI is InChI=1S/C22H30N4OS/c1-4-14-26-21(17-10-6-5-7-11-17)24-25-22(26)28-15-20(27)23-19-13-9-8-12-18(19)16(2)3/h4,8-9,12-13,16-17H,1,5-7,10-11,14-15H2,2-3H3,(H,23,27). The zero-order chi connectivity index (χ0) is 19.9. The number of allylic oxidation sites excluding steroid dienone is 1. The fourth-order valence-electron chi connectivity index (χ4n) is 3.80. The first kappa shape index (κ1) is 20.6. The monoisotopic (exact) mass is 398 g/mol. The number of anilines is 1. The summed E-state index contributed by atoms with van der Waals surface area (Å²) in [6.45, 7) is 8.81. The van der Waals surface area contributed by atoms with E-state index in [-0.39, 0.29) is 5.91 Å². The number of amides is 1. The molecule has 1 aromatic carbocycles. The summed E-state index contributed by atoms with van der Waals surface area (Å²) in [4.78, 5) is 12.5. The van der Waals surface area contributed by atoms with Gasteiger partial charge in [0.15, 0.2) is 5.16 Å². The van der Waals surface area contributed by atoms with Gasteiger partial charge in [0.25, 0.3) is 0 Å². The summed E-state index contributed by atoms with van der Waals surface area (Å²) in [7, 11) is 0. The fourth-order valence-corrected chi connectivity index (χ4v) is 4.56. The minimum Gasteiger partial charge on any atom is -0.325 e. The van der Waals surface area contributed by atoms with Crippen molar-refractivity contribution >= 4 is 23.4 Å². The third-order valence-electron chi connectivity index (χ3n) is 5.22. The Hall–Kier alpha value is -2.08. The number of hydrogen-bond donors (Lipinski definition) is 1. The van der Waals surface area contributed by atoms with Crippen molar-refractivity contribution in [3.05, 3.63) is 48.3 Å². The molecule has 0 radical (unpaired) electrons. The van der Waals surface area contributed by atoms with Gasteiger partial charge in [-0.15, -0.1) is 16.8 Å². The number of benzene rings is 1. The second kappa shape index (κ2) is 9.92. The average molecular weight is 399 g/mol. The molecule has 0 atom stereocenters. The molecule has 1 heterocycles. The summed E-state index contributed by atoms with van der Waals surface area (Å²) >= 11 is 1.44. The van der Waals surface area contributed by atoms with E-state index in [1.165, 1.54) is 43.9 Å². The van der Waals surface area contributed by atoms with E-state index < -0.39 is 0 Å². The number of aromatic nitrogens is 3. The maximum absolute atomic E-state index is 12.5. The number of nitrogens with zero attached hydrogens (tertiary/aromatic N) is 3. The van der Waals surface area contributed by atoms with E-state index in [9.17, 15) is 4.79 Å².